The molecule has 1 saturated heterocycles. The summed E-state index contributed by atoms with van der Waals surface area (Å²) in [6.45, 7) is 1.20. The largest absolute Gasteiger partial charge is 0.465 e. The highest BCUT2D eigenvalue weighted by molar-refractivity contribution is 9.10. The Morgan fingerprint density at radius 3 is 2.43 bits per heavy atom. The van der Waals surface area contributed by atoms with Gasteiger partial charge < -0.3 is 19.5 Å². The second-order valence-electron chi connectivity index (χ2n) is 5.04. The third-order valence-corrected chi connectivity index (χ3v) is 4.35. The summed E-state index contributed by atoms with van der Waals surface area (Å²) in [5.41, 5.74) is 0.431. The third kappa shape index (κ3) is 3.88. The van der Waals surface area contributed by atoms with Gasteiger partial charge in [-0.15, -0.1) is 0 Å². The van der Waals surface area contributed by atoms with Gasteiger partial charge in [0.15, 0.2) is 0 Å². The van der Waals surface area contributed by atoms with E-state index in [1.807, 2.05) is 0 Å². The average molecular weight is 390 g/mol. The summed E-state index contributed by atoms with van der Waals surface area (Å²) in [6.07, 6.45) is -1.72. The van der Waals surface area contributed by atoms with Crippen LogP contribution in [0.1, 0.15) is 22.0 Å². The lowest BCUT2D eigenvalue weighted by molar-refractivity contribution is -0.147. The third-order valence-electron chi connectivity index (χ3n) is 3.57. The van der Waals surface area contributed by atoms with E-state index in [1.165, 1.54) is 36.3 Å². The maximum absolute atomic E-state index is 14.8. The second kappa shape index (κ2) is 7.37. The van der Waals surface area contributed by atoms with E-state index in [4.69, 9.17) is 4.74 Å². The number of carbonyl (C=O) groups excluding carboxylic acids is 2. The lowest BCUT2D eigenvalue weighted by atomic mass is 10.0. The molecule has 1 amide bonds. The molecule has 1 aromatic rings. The molecule has 0 unspecified atom stereocenters. The summed E-state index contributed by atoms with van der Waals surface area (Å²) in [4.78, 5) is 24.9. The molecule has 1 N–H and O–H groups in total. The fraction of sp³-hybridized carbons (Fsp3) is 0.467. The monoisotopic (exact) mass is 389 g/mol. The molecule has 6 nitrogen and oxygen atoms in total. The summed E-state index contributed by atoms with van der Waals surface area (Å²) in [7, 11) is 1.25. The standard InChI is InChI=1S/C15H17BrFNO5/c1-22-13(20)11-4-2-10(3-5-11)12(19)15(16,17)14(21)18-6-8-23-9-7-18/h2-5,12,19H,6-9H2,1H3/t12-,15-/m0/s1. The number of carbonyl (C=O) groups is 2. The first-order chi connectivity index (χ1) is 10.9. The summed E-state index contributed by atoms with van der Waals surface area (Å²) in [5.74, 6) is -1.40. The van der Waals surface area contributed by atoms with Gasteiger partial charge in [0.1, 0.15) is 6.10 Å². The van der Waals surface area contributed by atoms with Crippen molar-refractivity contribution in [2.45, 2.75) is 10.7 Å². The van der Waals surface area contributed by atoms with E-state index in [9.17, 15) is 19.1 Å². The quantitative estimate of drug-likeness (QED) is 0.622. The van der Waals surface area contributed by atoms with Crippen molar-refractivity contribution >= 4 is 27.8 Å². The molecule has 126 valence electrons. The van der Waals surface area contributed by atoms with Gasteiger partial charge in [0.25, 0.3) is 10.5 Å². The molecule has 2 atom stereocenters. The molecule has 1 fully saturated rings. The predicted octanol–water partition coefficient (Wildman–Crippen LogP) is 1.43. The molecule has 2 rings (SSSR count). The number of methoxy groups -OCH3 is 1. The van der Waals surface area contributed by atoms with E-state index < -0.39 is 22.6 Å². The smallest absolute Gasteiger partial charge is 0.337 e. The Morgan fingerprint density at radius 1 is 1.35 bits per heavy atom. The van der Waals surface area contributed by atoms with E-state index in [-0.39, 0.29) is 24.2 Å². The first-order valence-corrected chi connectivity index (χ1v) is 7.78. The summed E-state index contributed by atoms with van der Waals surface area (Å²) < 4.78 is 21.8. The fourth-order valence-corrected chi connectivity index (χ4v) is 2.74. The van der Waals surface area contributed by atoms with E-state index >= 15 is 0 Å². The maximum Gasteiger partial charge on any atom is 0.337 e. The molecule has 23 heavy (non-hydrogen) atoms. The molecular weight excluding hydrogens is 373 g/mol. The topological polar surface area (TPSA) is 76.1 Å². The molecule has 0 radical (unpaired) electrons. The number of ether oxygens (including phenoxy) is 2. The Balaban J connectivity index is 2.14. The van der Waals surface area contributed by atoms with Crippen molar-refractivity contribution < 1.29 is 28.6 Å². The number of amides is 1. The Labute approximate surface area is 141 Å². The number of aliphatic hydroxyl groups excluding tert-OH is 1. The van der Waals surface area contributed by atoms with Crippen LogP contribution < -0.4 is 0 Å². The number of hydrogen-bond donors (Lipinski definition) is 1. The molecule has 0 aromatic heterocycles. The second-order valence-corrected chi connectivity index (χ2v) is 6.20. The van der Waals surface area contributed by atoms with Crippen LogP contribution in [0.25, 0.3) is 0 Å². The summed E-state index contributed by atoms with van der Waals surface area (Å²) >= 11 is 2.71. The van der Waals surface area contributed by atoms with Gasteiger partial charge in [-0.25, -0.2) is 9.18 Å². The van der Waals surface area contributed by atoms with Crippen LogP contribution in [0.3, 0.4) is 0 Å². The van der Waals surface area contributed by atoms with Crippen molar-refractivity contribution in [1.29, 1.82) is 0 Å². The van der Waals surface area contributed by atoms with Crippen molar-refractivity contribution in [3.63, 3.8) is 0 Å². The molecule has 0 spiro atoms. The Hall–Kier alpha value is -1.51. The normalized spacial score (nSPS) is 18.9. The van der Waals surface area contributed by atoms with Gasteiger partial charge in [0, 0.05) is 13.1 Å². The van der Waals surface area contributed by atoms with Gasteiger partial charge in [-0.05, 0) is 33.6 Å². The first-order valence-electron chi connectivity index (χ1n) is 6.99. The van der Waals surface area contributed by atoms with Crippen LogP contribution in [0.15, 0.2) is 24.3 Å². The van der Waals surface area contributed by atoms with Gasteiger partial charge in [-0.2, -0.15) is 0 Å². The van der Waals surface area contributed by atoms with Gasteiger partial charge >= 0.3 is 5.97 Å². The Bertz CT molecular complexity index is 572. The minimum absolute atomic E-state index is 0.165. The van der Waals surface area contributed by atoms with Crippen LogP contribution in [0.4, 0.5) is 4.39 Å². The zero-order chi connectivity index (χ0) is 17.0. The van der Waals surface area contributed by atoms with E-state index in [0.717, 1.165) is 0 Å². The lowest BCUT2D eigenvalue weighted by Crippen LogP contribution is -2.50. The van der Waals surface area contributed by atoms with Crippen molar-refractivity contribution in [3.05, 3.63) is 35.4 Å². The zero-order valence-electron chi connectivity index (χ0n) is 12.5. The molecule has 1 aliphatic heterocycles. The van der Waals surface area contributed by atoms with Crippen LogP contribution in [0.2, 0.25) is 0 Å². The van der Waals surface area contributed by atoms with Gasteiger partial charge in [0.05, 0.1) is 25.9 Å². The van der Waals surface area contributed by atoms with Crippen LogP contribution >= 0.6 is 15.9 Å². The van der Waals surface area contributed by atoms with Gasteiger partial charge in [0.2, 0.25) is 0 Å². The maximum atomic E-state index is 14.8. The molecular formula is C15H17BrFNO5. The molecule has 0 aliphatic carbocycles. The summed E-state index contributed by atoms with van der Waals surface area (Å²) in [6, 6.07) is 5.54. The van der Waals surface area contributed by atoms with Crippen LogP contribution in [0.5, 0.6) is 0 Å². The lowest BCUT2D eigenvalue weighted by Gasteiger charge is -2.33. The van der Waals surface area contributed by atoms with Crippen molar-refractivity contribution in [2.75, 3.05) is 33.4 Å². The minimum Gasteiger partial charge on any atom is -0.465 e. The molecule has 1 aromatic carbocycles. The van der Waals surface area contributed by atoms with E-state index in [0.29, 0.717) is 13.2 Å². The molecule has 1 heterocycles. The van der Waals surface area contributed by atoms with Crippen molar-refractivity contribution in [2.24, 2.45) is 0 Å². The van der Waals surface area contributed by atoms with Crippen LogP contribution in [-0.4, -0.2) is 59.9 Å². The number of benzene rings is 1. The highest BCUT2D eigenvalue weighted by atomic mass is 79.9. The molecule has 8 heteroatoms. The Kier molecular flexibility index (Phi) is 5.72. The van der Waals surface area contributed by atoms with Gasteiger partial charge in [-0.1, -0.05) is 12.1 Å². The average Bonchev–Trinajstić information content (AvgIpc) is 2.60. The van der Waals surface area contributed by atoms with E-state index in [2.05, 4.69) is 20.7 Å². The number of hydrogen-bond acceptors (Lipinski definition) is 5. The van der Waals surface area contributed by atoms with Crippen molar-refractivity contribution in [3.8, 4) is 0 Å². The van der Waals surface area contributed by atoms with Crippen LogP contribution in [-0.2, 0) is 14.3 Å². The number of alkyl halides is 2. The first kappa shape index (κ1) is 17.8. The molecule has 1 aliphatic rings. The SMILES string of the molecule is COC(=O)c1ccc([C@H](O)[C@@](F)(Br)C(=O)N2CCOCC2)cc1. The number of nitrogens with zero attached hydrogens (tertiary/aromatic N) is 1. The number of esters is 1. The van der Waals surface area contributed by atoms with Crippen molar-refractivity contribution in [1.82, 2.24) is 4.90 Å². The molecule has 0 saturated carbocycles. The van der Waals surface area contributed by atoms with Crippen LogP contribution in [0, 0.1) is 0 Å². The number of aliphatic hydroxyl groups is 1. The highest BCUT2D eigenvalue weighted by Gasteiger charge is 2.46. The fourth-order valence-electron chi connectivity index (χ4n) is 2.22. The minimum atomic E-state index is -2.66. The number of morpholine rings is 1. The number of rotatable bonds is 4. The summed E-state index contributed by atoms with van der Waals surface area (Å²) in [5, 5.41) is 10.2. The Morgan fingerprint density at radius 2 is 1.91 bits per heavy atom. The molecule has 0 bridgehead atoms. The van der Waals surface area contributed by atoms with Gasteiger partial charge in [-0.3, -0.25) is 4.79 Å². The highest BCUT2D eigenvalue weighted by Crippen LogP contribution is 2.37. The number of halogens is 2. The predicted molar refractivity (Wildman–Crippen MR) is 82.9 cm³/mol. The zero-order valence-corrected chi connectivity index (χ0v) is 14.1. The van der Waals surface area contributed by atoms with E-state index in [1.54, 1.807) is 0 Å².